The fraction of sp³-hybridized carbons (Fsp3) is 0.333. The molecule has 0 saturated carbocycles. The van der Waals surface area contributed by atoms with E-state index in [2.05, 4.69) is 10.1 Å². The van der Waals surface area contributed by atoms with E-state index < -0.39 is 0 Å². The lowest BCUT2D eigenvalue weighted by Gasteiger charge is -2.23. The average Bonchev–Trinajstić information content (AvgIpc) is 3.24. The van der Waals surface area contributed by atoms with Gasteiger partial charge in [0.05, 0.1) is 17.2 Å². The zero-order chi connectivity index (χ0) is 18.8. The molecule has 26 heavy (non-hydrogen) atoms. The third-order valence-corrected chi connectivity index (χ3v) is 5.37. The summed E-state index contributed by atoms with van der Waals surface area (Å²) >= 11 is 1.50. The lowest BCUT2D eigenvalue weighted by atomic mass is 10.2. The molecule has 0 aliphatic rings. The number of aromatic nitrogens is 4. The summed E-state index contributed by atoms with van der Waals surface area (Å²) in [5.41, 5.74) is 3.15. The van der Waals surface area contributed by atoms with Crippen molar-refractivity contribution in [3.05, 3.63) is 62.7 Å². The molecule has 136 valence electrons. The summed E-state index contributed by atoms with van der Waals surface area (Å²) in [4.78, 5) is 32.1. The van der Waals surface area contributed by atoms with Crippen LogP contribution >= 0.6 is 11.3 Å². The van der Waals surface area contributed by atoms with Crippen LogP contribution in [-0.2, 0) is 11.3 Å². The molecule has 0 aliphatic carbocycles. The number of carbonyl (C=O) groups excluding carboxylic acids is 1. The number of hydrogen-bond acceptors (Lipinski definition) is 5. The molecule has 0 radical (unpaired) electrons. The molecule has 0 spiro atoms. The minimum atomic E-state index is -0.319. The second-order valence-electron chi connectivity index (χ2n) is 6.25. The van der Waals surface area contributed by atoms with Crippen LogP contribution in [0.3, 0.4) is 0 Å². The van der Waals surface area contributed by atoms with Gasteiger partial charge in [-0.1, -0.05) is 12.1 Å². The van der Waals surface area contributed by atoms with Crippen molar-refractivity contribution in [2.75, 3.05) is 7.05 Å². The molecule has 0 aliphatic heterocycles. The second-order valence-corrected chi connectivity index (χ2v) is 7.17. The van der Waals surface area contributed by atoms with Crippen LogP contribution < -0.4 is 5.69 Å². The van der Waals surface area contributed by atoms with Crippen molar-refractivity contribution in [2.24, 2.45) is 0 Å². The van der Waals surface area contributed by atoms with Crippen molar-refractivity contribution >= 4 is 17.2 Å². The molecule has 7 nitrogen and oxygen atoms in total. The Hall–Kier alpha value is -2.74. The molecule has 0 saturated heterocycles. The average molecular weight is 371 g/mol. The Morgan fingerprint density at radius 2 is 2.12 bits per heavy atom. The molecule has 0 N–H and O–H groups in total. The van der Waals surface area contributed by atoms with E-state index in [1.165, 1.54) is 20.6 Å². The predicted octanol–water partition coefficient (Wildman–Crippen LogP) is 2.33. The van der Waals surface area contributed by atoms with Gasteiger partial charge in [0.2, 0.25) is 5.91 Å². The summed E-state index contributed by atoms with van der Waals surface area (Å²) in [6.07, 6.45) is 1.76. The van der Waals surface area contributed by atoms with Gasteiger partial charge < -0.3 is 4.90 Å². The Labute approximate surface area is 155 Å². The van der Waals surface area contributed by atoms with Crippen molar-refractivity contribution < 1.29 is 4.79 Å². The first kappa shape index (κ1) is 18.1. The fourth-order valence-corrected chi connectivity index (χ4v) is 3.41. The highest BCUT2D eigenvalue weighted by Gasteiger charge is 2.21. The van der Waals surface area contributed by atoms with E-state index in [4.69, 9.17) is 0 Å². The molecule has 3 rings (SSSR count). The van der Waals surface area contributed by atoms with Crippen molar-refractivity contribution in [1.29, 1.82) is 0 Å². The first-order valence-electron chi connectivity index (χ1n) is 8.26. The zero-order valence-electron chi connectivity index (χ0n) is 15.2. The van der Waals surface area contributed by atoms with Gasteiger partial charge >= 0.3 is 5.69 Å². The molecule has 2 aromatic heterocycles. The maximum absolute atomic E-state index is 12.7. The van der Waals surface area contributed by atoms with E-state index in [0.717, 1.165) is 10.4 Å². The van der Waals surface area contributed by atoms with E-state index in [9.17, 15) is 9.59 Å². The van der Waals surface area contributed by atoms with Gasteiger partial charge in [-0.3, -0.25) is 14.3 Å². The highest BCUT2D eigenvalue weighted by molar-refractivity contribution is 7.09. The van der Waals surface area contributed by atoms with Gasteiger partial charge in [-0.2, -0.15) is 9.78 Å². The Balaban J connectivity index is 1.84. The van der Waals surface area contributed by atoms with E-state index in [0.29, 0.717) is 11.5 Å². The fourth-order valence-electron chi connectivity index (χ4n) is 2.69. The molecule has 1 atom stereocenters. The summed E-state index contributed by atoms with van der Waals surface area (Å²) in [7, 11) is 1.73. The molecule has 8 heteroatoms. The highest BCUT2D eigenvalue weighted by Crippen LogP contribution is 2.22. The number of likely N-dealkylation sites (N-methyl/N-ethyl adjacent to an activating group) is 1. The zero-order valence-corrected chi connectivity index (χ0v) is 16.0. The number of aryl methyl sites for hydroxylation is 2. The Morgan fingerprint density at radius 1 is 1.35 bits per heavy atom. The van der Waals surface area contributed by atoms with Gasteiger partial charge in [0, 0.05) is 18.1 Å². The third-order valence-electron chi connectivity index (χ3n) is 4.42. The molecular formula is C18H21N5O2S. The third kappa shape index (κ3) is 3.45. The lowest BCUT2D eigenvalue weighted by Crippen LogP contribution is -2.36. The number of benzene rings is 1. The summed E-state index contributed by atoms with van der Waals surface area (Å²) in [5.74, 6) is 0.351. The first-order chi connectivity index (χ1) is 12.4. The summed E-state index contributed by atoms with van der Waals surface area (Å²) in [5, 5.41) is 4.32. The van der Waals surface area contributed by atoms with Gasteiger partial charge in [0.15, 0.2) is 0 Å². The Bertz CT molecular complexity index is 974. The van der Waals surface area contributed by atoms with Crippen molar-refractivity contribution in [3.8, 4) is 5.69 Å². The Morgan fingerprint density at radius 3 is 2.77 bits per heavy atom. The summed E-state index contributed by atoms with van der Waals surface area (Å²) in [6.45, 7) is 5.58. The van der Waals surface area contributed by atoms with Crippen LogP contribution in [0.5, 0.6) is 0 Å². The van der Waals surface area contributed by atoms with Crippen LogP contribution in [0, 0.1) is 13.8 Å². The maximum atomic E-state index is 12.7. The van der Waals surface area contributed by atoms with Crippen molar-refractivity contribution in [3.63, 3.8) is 0 Å². The number of rotatable bonds is 5. The molecule has 0 fully saturated rings. The van der Waals surface area contributed by atoms with E-state index in [-0.39, 0.29) is 24.2 Å². The largest absolute Gasteiger partial charge is 0.351 e. The molecule has 1 aromatic carbocycles. The minimum absolute atomic E-state index is 0.0455. The van der Waals surface area contributed by atoms with Crippen LogP contribution in [0.4, 0.5) is 0 Å². The molecule has 1 unspecified atom stereocenters. The van der Waals surface area contributed by atoms with E-state index >= 15 is 0 Å². The van der Waals surface area contributed by atoms with Gasteiger partial charge in [0.1, 0.15) is 12.4 Å². The molecule has 2 heterocycles. The van der Waals surface area contributed by atoms with Crippen molar-refractivity contribution in [1.82, 2.24) is 24.2 Å². The van der Waals surface area contributed by atoms with Crippen LogP contribution in [0.2, 0.25) is 0 Å². The molecule has 3 aromatic rings. The monoisotopic (exact) mass is 371 g/mol. The summed E-state index contributed by atoms with van der Waals surface area (Å²) < 4.78 is 2.74. The Kier molecular flexibility index (Phi) is 5.03. The normalized spacial score (nSPS) is 12.2. The van der Waals surface area contributed by atoms with Crippen LogP contribution in [-0.4, -0.2) is 37.2 Å². The smallest absolute Gasteiger partial charge is 0.337 e. The predicted molar refractivity (Wildman–Crippen MR) is 101 cm³/mol. The number of thiazole rings is 1. The quantitative estimate of drug-likeness (QED) is 0.690. The summed E-state index contributed by atoms with van der Waals surface area (Å²) in [6, 6.07) is 7.44. The highest BCUT2D eigenvalue weighted by atomic mass is 32.1. The number of hydrogen-bond donors (Lipinski definition) is 0. The van der Waals surface area contributed by atoms with Crippen LogP contribution in [0.1, 0.15) is 29.2 Å². The number of carbonyl (C=O) groups is 1. The second kappa shape index (κ2) is 7.25. The van der Waals surface area contributed by atoms with Gasteiger partial charge in [0.25, 0.3) is 0 Å². The maximum Gasteiger partial charge on any atom is 0.351 e. The van der Waals surface area contributed by atoms with Crippen LogP contribution in [0.15, 0.2) is 40.8 Å². The minimum Gasteiger partial charge on any atom is -0.337 e. The standard InChI is InChI=1S/C18H21N5O2S/c1-12-6-5-7-15(8-12)23-18(25)22(14(3)20-23)10-17(24)21(4)13(2)16-9-19-11-26-16/h5-9,11,13H,10H2,1-4H3. The van der Waals surface area contributed by atoms with E-state index in [1.54, 1.807) is 30.6 Å². The molecule has 0 bridgehead atoms. The SMILES string of the molecule is Cc1cccc(-n2nc(C)n(CC(=O)N(C)C(C)c3cncs3)c2=O)c1. The first-order valence-corrected chi connectivity index (χ1v) is 9.14. The molecule has 1 amide bonds. The van der Waals surface area contributed by atoms with Crippen LogP contribution in [0.25, 0.3) is 5.69 Å². The molecular weight excluding hydrogens is 350 g/mol. The lowest BCUT2D eigenvalue weighted by molar-refractivity contribution is -0.132. The number of amides is 1. The van der Waals surface area contributed by atoms with E-state index in [1.807, 2.05) is 38.1 Å². The van der Waals surface area contributed by atoms with Gasteiger partial charge in [-0.25, -0.2) is 4.79 Å². The van der Waals surface area contributed by atoms with Gasteiger partial charge in [-0.15, -0.1) is 11.3 Å². The topological polar surface area (TPSA) is 73.0 Å². The van der Waals surface area contributed by atoms with Crippen molar-refractivity contribution in [2.45, 2.75) is 33.4 Å². The number of nitrogens with zero attached hydrogens (tertiary/aromatic N) is 5. The van der Waals surface area contributed by atoms with Gasteiger partial charge in [-0.05, 0) is 38.5 Å².